The molecule has 6 nitrogen and oxygen atoms in total. The normalized spacial score (nSPS) is 21.3. The van der Waals surface area contributed by atoms with Crippen molar-refractivity contribution in [2.45, 2.75) is 38.6 Å². The summed E-state index contributed by atoms with van der Waals surface area (Å²) < 4.78 is 1.23. The van der Waals surface area contributed by atoms with Gasteiger partial charge < -0.3 is 15.5 Å². The summed E-state index contributed by atoms with van der Waals surface area (Å²) in [4.78, 5) is 30.1. The molecule has 1 saturated heterocycles. The highest BCUT2D eigenvalue weighted by atomic mass is 32.1. The molecule has 0 aliphatic carbocycles. The van der Waals surface area contributed by atoms with Crippen LogP contribution in [0.5, 0.6) is 0 Å². The maximum Gasteiger partial charge on any atom is 0.275 e. The van der Waals surface area contributed by atoms with Gasteiger partial charge in [0.25, 0.3) is 5.91 Å². The number of thiazole rings is 1. The molecule has 2 heterocycles. The summed E-state index contributed by atoms with van der Waals surface area (Å²) in [5.74, 6) is 0.204. The average Bonchev–Trinajstić information content (AvgIpc) is 3.06. The summed E-state index contributed by atoms with van der Waals surface area (Å²) in [5, 5.41) is 6.71. The number of rotatable bonds is 6. The van der Waals surface area contributed by atoms with E-state index in [4.69, 9.17) is 4.98 Å². The number of quaternary nitrogens is 1. The first-order chi connectivity index (χ1) is 12.6. The number of hydrogen-bond acceptors (Lipinski definition) is 4. The Balaban J connectivity index is 1.56. The van der Waals surface area contributed by atoms with Crippen LogP contribution in [0.4, 0.5) is 0 Å². The number of piperidine rings is 1. The summed E-state index contributed by atoms with van der Waals surface area (Å²) >= 11 is 1.77. The number of para-hydroxylation sites is 1. The summed E-state index contributed by atoms with van der Waals surface area (Å²) in [7, 11) is 0. The van der Waals surface area contributed by atoms with E-state index < -0.39 is 6.04 Å². The number of likely N-dealkylation sites (N-methyl/N-ethyl adjacent to an activating group) is 1. The predicted molar refractivity (Wildman–Crippen MR) is 103 cm³/mol. The highest BCUT2D eigenvalue weighted by molar-refractivity contribution is 7.18. The molecule has 2 aromatic rings. The number of nitrogens with one attached hydrogen (secondary N) is 3. The maximum atomic E-state index is 12.3. The molecule has 0 saturated carbocycles. The van der Waals surface area contributed by atoms with Crippen LogP contribution in [-0.2, 0) is 9.59 Å². The number of carbonyl (C=O) groups excluding carboxylic acids is 2. The maximum absolute atomic E-state index is 12.3. The van der Waals surface area contributed by atoms with Crippen LogP contribution in [-0.4, -0.2) is 49.0 Å². The molecule has 1 aromatic carbocycles. The molecule has 3 rings (SSSR count). The Bertz CT molecular complexity index is 743. The fourth-order valence-electron chi connectivity index (χ4n) is 3.50. The second-order valence-electron chi connectivity index (χ2n) is 6.92. The number of nitrogens with zero attached hydrogens (tertiary/aromatic N) is 1. The van der Waals surface area contributed by atoms with Crippen LogP contribution in [0.1, 0.15) is 37.6 Å². The van der Waals surface area contributed by atoms with Crippen molar-refractivity contribution >= 4 is 33.4 Å². The number of carbonyl (C=O) groups is 2. The third kappa shape index (κ3) is 4.59. The van der Waals surface area contributed by atoms with Crippen LogP contribution < -0.4 is 15.5 Å². The Morgan fingerprint density at radius 3 is 2.96 bits per heavy atom. The van der Waals surface area contributed by atoms with E-state index in [1.165, 1.54) is 14.6 Å². The van der Waals surface area contributed by atoms with Crippen molar-refractivity contribution in [3.63, 3.8) is 0 Å². The van der Waals surface area contributed by atoms with Gasteiger partial charge in [-0.15, -0.1) is 11.3 Å². The second-order valence-corrected chi connectivity index (χ2v) is 7.99. The zero-order valence-corrected chi connectivity index (χ0v) is 16.2. The van der Waals surface area contributed by atoms with Gasteiger partial charge in [0.15, 0.2) is 6.54 Å². The van der Waals surface area contributed by atoms with Crippen LogP contribution in [0.3, 0.4) is 0 Å². The van der Waals surface area contributed by atoms with Crippen molar-refractivity contribution in [1.29, 1.82) is 0 Å². The standard InChI is InChI=1S/C19H26N4O2S/c1-3-20-18(25)13(2)21-17(24)12-23-10-6-7-14(11-23)19-22-15-8-4-5-9-16(15)26-19/h4-5,8-9,13-14H,3,6-7,10-12H2,1-2H3,(H,20,25)(H,21,24)/p+1/t13-,14+/m1/s1. The largest absolute Gasteiger partial charge is 0.355 e. The molecule has 7 heteroatoms. The zero-order chi connectivity index (χ0) is 18.5. The molecule has 1 fully saturated rings. The molecule has 3 atom stereocenters. The Morgan fingerprint density at radius 1 is 1.38 bits per heavy atom. The van der Waals surface area contributed by atoms with Gasteiger partial charge >= 0.3 is 0 Å². The summed E-state index contributed by atoms with van der Waals surface area (Å²) in [5.41, 5.74) is 1.06. The lowest BCUT2D eigenvalue weighted by atomic mass is 9.99. The molecule has 0 spiro atoms. The van der Waals surface area contributed by atoms with Crippen molar-refractivity contribution < 1.29 is 14.5 Å². The van der Waals surface area contributed by atoms with Gasteiger partial charge in [-0.05, 0) is 38.8 Å². The number of amides is 2. The lowest BCUT2D eigenvalue weighted by Gasteiger charge is -2.28. The molecule has 2 amide bonds. The van der Waals surface area contributed by atoms with Gasteiger partial charge in [-0.1, -0.05) is 12.1 Å². The Morgan fingerprint density at radius 2 is 2.19 bits per heavy atom. The number of benzene rings is 1. The van der Waals surface area contributed by atoms with E-state index in [2.05, 4.69) is 22.8 Å². The fraction of sp³-hybridized carbons (Fsp3) is 0.526. The van der Waals surface area contributed by atoms with Gasteiger partial charge in [0.05, 0.1) is 29.2 Å². The first-order valence-corrected chi connectivity index (χ1v) is 10.1. The van der Waals surface area contributed by atoms with Crippen LogP contribution >= 0.6 is 11.3 Å². The molecule has 140 valence electrons. The molecule has 26 heavy (non-hydrogen) atoms. The molecular formula is C19H27N4O2S+. The highest BCUT2D eigenvalue weighted by Crippen LogP contribution is 2.30. The Hall–Kier alpha value is -1.99. The smallest absolute Gasteiger partial charge is 0.275 e. The topological polar surface area (TPSA) is 75.5 Å². The lowest BCUT2D eigenvalue weighted by Crippen LogP contribution is -3.14. The lowest BCUT2D eigenvalue weighted by molar-refractivity contribution is -0.898. The van der Waals surface area contributed by atoms with Crippen molar-refractivity contribution in [3.05, 3.63) is 29.3 Å². The summed E-state index contributed by atoms with van der Waals surface area (Å²) in [6.45, 7) is 6.48. The van der Waals surface area contributed by atoms with Crippen LogP contribution in [0.15, 0.2) is 24.3 Å². The molecule has 1 aliphatic rings. The summed E-state index contributed by atoms with van der Waals surface area (Å²) in [6, 6.07) is 7.73. The van der Waals surface area contributed by atoms with E-state index in [9.17, 15) is 9.59 Å². The van der Waals surface area contributed by atoms with E-state index in [-0.39, 0.29) is 11.8 Å². The van der Waals surface area contributed by atoms with E-state index >= 15 is 0 Å². The zero-order valence-electron chi connectivity index (χ0n) is 15.4. The van der Waals surface area contributed by atoms with Crippen LogP contribution in [0.2, 0.25) is 0 Å². The van der Waals surface area contributed by atoms with Crippen molar-refractivity contribution in [2.24, 2.45) is 0 Å². The first-order valence-electron chi connectivity index (χ1n) is 9.33. The van der Waals surface area contributed by atoms with Crippen LogP contribution in [0.25, 0.3) is 10.2 Å². The van der Waals surface area contributed by atoms with Gasteiger partial charge in [-0.2, -0.15) is 0 Å². The second kappa shape index (κ2) is 8.60. The SMILES string of the molecule is CCNC(=O)[C@@H](C)NC(=O)C[NH+]1CCC[C@H](c2nc3ccccc3s2)C1. The van der Waals surface area contributed by atoms with E-state index in [0.29, 0.717) is 19.0 Å². The van der Waals surface area contributed by atoms with Crippen molar-refractivity contribution in [3.8, 4) is 0 Å². The van der Waals surface area contributed by atoms with E-state index in [0.717, 1.165) is 31.4 Å². The van der Waals surface area contributed by atoms with Crippen LogP contribution in [0, 0.1) is 0 Å². The molecular weight excluding hydrogens is 348 g/mol. The molecule has 0 radical (unpaired) electrons. The first kappa shape index (κ1) is 18.8. The van der Waals surface area contributed by atoms with Gasteiger partial charge in [-0.3, -0.25) is 9.59 Å². The fourth-order valence-corrected chi connectivity index (χ4v) is 4.60. The average molecular weight is 376 g/mol. The van der Waals surface area contributed by atoms with E-state index in [1.807, 2.05) is 19.1 Å². The van der Waals surface area contributed by atoms with Gasteiger partial charge in [-0.25, -0.2) is 4.98 Å². The van der Waals surface area contributed by atoms with Gasteiger partial charge in [0.1, 0.15) is 11.0 Å². The third-order valence-electron chi connectivity index (χ3n) is 4.81. The molecule has 1 aromatic heterocycles. The Kier molecular flexibility index (Phi) is 6.21. The van der Waals surface area contributed by atoms with Crippen molar-refractivity contribution in [2.75, 3.05) is 26.2 Å². The third-order valence-corrected chi connectivity index (χ3v) is 6.01. The minimum atomic E-state index is -0.494. The predicted octanol–water partition coefficient (Wildman–Crippen LogP) is 0.699. The molecule has 3 N–H and O–H groups in total. The molecule has 1 aliphatic heterocycles. The highest BCUT2D eigenvalue weighted by Gasteiger charge is 2.28. The number of fused-ring (bicyclic) bond motifs is 1. The minimum Gasteiger partial charge on any atom is -0.355 e. The molecule has 0 bridgehead atoms. The molecule has 1 unspecified atom stereocenters. The van der Waals surface area contributed by atoms with Crippen molar-refractivity contribution in [1.82, 2.24) is 15.6 Å². The minimum absolute atomic E-state index is 0.0660. The Labute approximate surface area is 158 Å². The number of aromatic nitrogens is 1. The number of hydrogen-bond donors (Lipinski definition) is 3. The van der Waals surface area contributed by atoms with Gasteiger partial charge in [0.2, 0.25) is 5.91 Å². The van der Waals surface area contributed by atoms with E-state index in [1.54, 1.807) is 18.3 Å². The number of likely N-dealkylation sites (tertiary alicyclic amines) is 1. The monoisotopic (exact) mass is 375 g/mol. The van der Waals surface area contributed by atoms with Gasteiger partial charge in [0, 0.05) is 6.54 Å². The summed E-state index contributed by atoms with van der Waals surface area (Å²) in [6.07, 6.45) is 2.22. The quantitative estimate of drug-likeness (QED) is 0.696.